The molecule has 1 unspecified atom stereocenters. The minimum Gasteiger partial charge on any atom is -0.398 e. The molecule has 0 aliphatic rings. The first-order valence-electron chi connectivity index (χ1n) is 4.64. The highest BCUT2D eigenvalue weighted by atomic mass is 79.9. The topological polar surface area (TPSA) is 72.2 Å². The van der Waals surface area contributed by atoms with Crippen LogP contribution in [0.4, 0.5) is 5.69 Å². The van der Waals surface area contributed by atoms with E-state index in [-0.39, 0.29) is 5.91 Å². The number of carbonyl (C=O) groups is 1. The molecule has 0 saturated carbocycles. The molecule has 0 radical (unpaired) electrons. The first kappa shape index (κ1) is 13.2. The second-order valence-corrected chi connectivity index (χ2v) is 5.74. The molecule has 1 atom stereocenters. The standard InChI is InChI=1S/C10H13BrN2O2S/c1-16(15)5-4-13-10(14)8-3-2-7(11)6-9(8)12/h2-3,6H,4-5,12H2,1H3,(H,13,14). The van der Waals surface area contributed by atoms with Crippen LogP contribution in [0.1, 0.15) is 10.4 Å². The predicted octanol–water partition coefficient (Wildman–Crippen LogP) is 1.14. The van der Waals surface area contributed by atoms with Crippen LogP contribution < -0.4 is 11.1 Å². The number of hydrogen-bond donors (Lipinski definition) is 2. The number of anilines is 1. The molecule has 1 aromatic rings. The first-order valence-corrected chi connectivity index (χ1v) is 7.16. The van der Waals surface area contributed by atoms with E-state index in [4.69, 9.17) is 5.73 Å². The van der Waals surface area contributed by atoms with E-state index in [2.05, 4.69) is 21.2 Å². The third kappa shape index (κ3) is 3.94. The van der Waals surface area contributed by atoms with Gasteiger partial charge in [0.25, 0.3) is 5.91 Å². The molecule has 0 aliphatic carbocycles. The van der Waals surface area contributed by atoms with Crippen LogP contribution in [0.2, 0.25) is 0 Å². The summed E-state index contributed by atoms with van der Waals surface area (Å²) in [5.74, 6) is 0.206. The van der Waals surface area contributed by atoms with Crippen molar-refractivity contribution in [1.29, 1.82) is 0 Å². The number of nitrogens with two attached hydrogens (primary N) is 1. The number of amides is 1. The van der Waals surface area contributed by atoms with Gasteiger partial charge in [-0.1, -0.05) is 15.9 Å². The fourth-order valence-corrected chi connectivity index (χ4v) is 1.91. The maximum Gasteiger partial charge on any atom is 0.253 e. The molecule has 1 amide bonds. The summed E-state index contributed by atoms with van der Waals surface area (Å²) in [5, 5.41) is 2.66. The van der Waals surface area contributed by atoms with Gasteiger partial charge in [-0.15, -0.1) is 0 Å². The molecule has 1 aromatic carbocycles. The van der Waals surface area contributed by atoms with Crippen molar-refractivity contribution in [3.05, 3.63) is 28.2 Å². The maximum absolute atomic E-state index is 11.7. The molecule has 0 aromatic heterocycles. The quantitative estimate of drug-likeness (QED) is 0.819. The molecule has 0 heterocycles. The Labute approximate surface area is 105 Å². The lowest BCUT2D eigenvalue weighted by Crippen LogP contribution is -2.28. The lowest BCUT2D eigenvalue weighted by atomic mass is 10.2. The maximum atomic E-state index is 11.7. The van der Waals surface area contributed by atoms with Gasteiger partial charge in [-0.05, 0) is 18.2 Å². The Morgan fingerprint density at radius 3 is 2.81 bits per heavy atom. The van der Waals surface area contributed by atoms with Crippen LogP contribution in [0.3, 0.4) is 0 Å². The van der Waals surface area contributed by atoms with Crippen molar-refractivity contribution in [3.63, 3.8) is 0 Å². The number of nitrogen functional groups attached to an aromatic ring is 1. The van der Waals surface area contributed by atoms with Crippen molar-refractivity contribution in [2.45, 2.75) is 0 Å². The minimum atomic E-state index is -0.901. The average molecular weight is 305 g/mol. The zero-order valence-electron chi connectivity index (χ0n) is 8.83. The normalized spacial score (nSPS) is 12.1. The van der Waals surface area contributed by atoms with Gasteiger partial charge in [0.1, 0.15) is 0 Å². The molecule has 16 heavy (non-hydrogen) atoms. The zero-order chi connectivity index (χ0) is 12.1. The third-order valence-electron chi connectivity index (χ3n) is 1.93. The van der Waals surface area contributed by atoms with E-state index >= 15 is 0 Å². The molecule has 0 fully saturated rings. The number of nitrogens with one attached hydrogen (secondary N) is 1. The summed E-state index contributed by atoms with van der Waals surface area (Å²) in [6, 6.07) is 5.08. The highest BCUT2D eigenvalue weighted by molar-refractivity contribution is 9.10. The van der Waals surface area contributed by atoms with Crippen molar-refractivity contribution >= 4 is 38.3 Å². The van der Waals surface area contributed by atoms with Crippen LogP contribution in [-0.4, -0.2) is 28.7 Å². The van der Waals surface area contributed by atoms with Gasteiger partial charge in [0.2, 0.25) is 0 Å². The Hall–Kier alpha value is -0.880. The second kappa shape index (κ2) is 6.00. The van der Waals surface area contributed by atoms with Crippen LogP contribution in [0.15, 0.2) is 22.7 Å². The Morgan fingerprint density at radius 2 is 2.25 bits per heavy atom. The van der Waals surface area contributed by atoms with Crippen LogP contribution in [0, 0.1) is 0 Å². The Bertz CT molecular complexity index is 423. The fourth-order valence-electron chi connectivity index (χ4n) is 1.14. The Morgan fingerprint density at radius 1 is 1.56 bits per heavy atom. The molecule has 88 valence electrons. The minimum absolute atomic E-state index is 0.240. The number of halogens is 1. The van der Waals surface area contributed by atoms with E-state index in [9.17, 15) is 9.00 Å². The van der Waals surface area contributed by atoms with E-state index < -0.39 is 10.8 Å². The number of carbonyl (C=O) groups excluding carboxylic acids is 1. The zero-order valence-corrected chi connectivity index (χ0v) is 11.2. The largest absolute Gasteiger partial charge is 0.398 e. The Balaban J connectivity index is 2.63. The molecule has 0 bridgehead atoms. The van der Waals surface area contributed by atoms with Gasteiger partial charge >= 0.3 is 0 Å². The lowest BCUT2D eigenvalue weighted by Gasteiger charge is -2.06. The summed E-state index contributed by atoms with van der Waals surface area (Å²) >= 11 is 3.27. The van der Waals surface area contributed by atoms with Gasteiger partial charge in [-0.2, -0.15) is 0 Å². The SMILES string of the molecule is CS(=O)CCNC(=O)c1ccc(Br)cc1N. The summed E-state index contributed by atoms with van der Waals surface area (Å²) in [6.07, 6.45) is 1.60. The van der Waals surface area contributed by atoms with Gasteiger partial charge in [-0.3, -0.25) is 9.00 Å². The van der Waals surface area contributed by atoms with Crippen LogP contribution in [0.5, 0.6) is 0 Å². The highest BCUT2D eigenvalue weighted by Crippen LogP contribution is 2.18. The molecule has 0 spiro atoms. The van der Waals surface area contributed by atoms with Crippen molar-refractivity contribution in [1.82, 2.24) is 5.32 Å². The van der Waals surface area contributed by atoms with E-state index in [1.54, 1.807) is 24.5 Å². The van der Waals surface area contributed by atoms with Crippen molar-refractivity contribution < 1.29 is 9.00 Å². The number of rotatable bonds is 4. The van der Waals surface area contributed by atoms with E-state index in [0.717, 1.165) is 4.47 Å². The molecular weight excluding hydrogens is 292 g/mol. The van der Waals surface area contributed by atoms with Crippen molar-refractivity contribution in [2.75, 3.05) is 24.3 Å². The summed E-state index contributed by atoms with van der Waals surface area (Å²) < 4.78 is 11.6. The molecule has 4 nitrogen and oxygen atoms in total. The molecule has 6 heteroatoms. The summed E-state index contributed by atoms with van der Waals surface area (Å²) in [4.78, 5) is 11.7. The van der Waals surface area contributed by atoms with Crippen LogP contribution in [0.25, 0.3) is 0 Å². The smallest absolute Gasteiger partial charge is 0.253 e. The van der Waals surface area contributed by atoms with Crippen molar-refractivity contribution in [3.8, 4) is 0 Å². The van der Waals surface area contributed by atoms with E-state index in [1.807, 2.05) is 0 Å². The number of hydrogen-bond acceptors (Lipinski definition) is 3. The molecular formula is C10H13BrN2O2S. The number of benzene rings is 1. The van der Waals surface area contributed by atoms with Crippen LogP contribution in [-0.2, 0) is 10.8 Å². The van der Waals surface area contributed by atoms with Gasteiger partial charge in [-0.25, -0.2) is 0 Å². The van der Waals surface area contributed by atoms with E-state index in [0.29, 0.717) is 23.5 Å². The monoisotopic (exact) mass is 304 g/mol. The summed E-state index contributed by atoms with van der Waals surface area (Å²) in [6.45, 7) is 0.386. The van der Waals surface area contributed by atoms with Gasteiger partial charge in [0, 0.05) is 39.5 Å². The van der Waals surface area contributed by atoms with Gasteiger partial charge in [0.05, 0.1) is 5.56 Å². The second-order valence-electron chi connectivity index (χ2n) is 3.26. The van der Waals surface area contributed by atoms with Gasteiger partial charge in [0.15, 0.2) is 0 Å². The summed E-state index contributed by atoms with van der Waals surface area (Å²) in [5.41, 5.74) is 6.56. The molecule has 0 aliphatic heterocycles. The lowest BCUT2D eigenvalue weighted by molar-refractivity contribution is 0.0957. The average Bonchev–Trinajstić information content (AvgIpc) is 2.16. The van der Waals surface area contributed by atoms with Crippen molar-refractivity contribution in [2.24, 2.45) is 0 Å². The van der Waals surface area contributed by atoms with E-state index in [1.165, 1.54) is 0 Å². The molecule has 0 saturated heterocycles. The van der Waals surface area contributed by atoms with Gasteiger partial charge < -0.3 is 11.1 Å². The Kier molecular flexibility index (Phi) is 4.95. The highest BCUT2D eigenvalue weighted by Gasteiger charge is 2.09. The fraction of sp³-hybridized carbons (Fsp3) is 0.300. The first-order chi connectivity index (χ1) is 7.50. The summed E-state index contributed by atoms with van der Waals surface area (Å²) in [7, 11) is -0.901. The molecule has 3 N–H and O–H groups in total. The predicted molar refractivity (Wildman–Crippen MR) is 69.8 cm³/mol. The van der Waals surface area contributed by atoms with Crippen LogP contribution >= 0.6 is 15.9 Å². The molecule has 1 rings (SSSR count). The third-order valence-corrected chi connectivity index (χ3v) is 3.21.